The Bertz CT molecular complexity index is 1640. The lowest BCUT2D eigenvalue weighted by Crippen LogP contribution is -2.59. The van der Waals surface area contributed by atoms with Gasteiger partial charge < -0.3 is 31.3 Å². The maximum Gasteiger partial charge on any atom is 0.326 e. The van der Waals surface area contributed by atoms with Gasteiger partial charge in [-0.2, -0.15) is 0 Å². The molecule has 14 heteroatoms. The van der Waals surface area contributed by atoms with Gasteiger partial charge in [0.05, 0.1) is 17.8 Å². The fraction of sp³-hybridized carbons (Fsp3) is 0.469. The maximum absolute atomic E-state index is 14.1. The van der Waals surface area contributed by atoms with Gasteiger partial charge in [0.15, 0.2) is 0 Å². The van der Waals surface area contributed by atoms with Crippen LogP contribution in [0.2, 0.25) is 0 Å². The van der Waals surface area contributed by atoms with E-state index in [1.165, 1.54) is 9.58 Å². The minimum atomic E-state index is -1.31. The predicted molar refractivity (Wildman–Crippen MR) is 167 cm³/mol. The lowest BCUT2D eigenvalue weighted by atomic mass is 9.99. The summed E-state index contributed by atoms with van der Waals surface area (Å²) in [5, 5.41) is 31.2. The second-order valence-electron chi connectivity index (χ2n) is 12.4. The maximum atomic E-state index is 14.1. The Labute approximate surface area is 266 Å². The quantitative estimate of drug-likeness (QED) is 0.231. The van der Waals surface area contributed by atoms with Gasteiger partial charge in [-0.25, -0.2) is 9.48 Å². The summed E-state index contributed by atoms with van der Waals surface area (Å²) in [5.41, 5.74) is 1.10. The molecule has 244 valence electrons. The third kappa shape index (κ3) is 7.01. The van der Waals surface area contributed by atoms with E-state index in [-0.39, 0.29) is 37.6 Å². The van der Waals surface area contributed by atoms with Gasteiger partial charge in [-0.05, 0) is 36.2 Å². The van der Waals surface area contributed by atoms with Crippen molar-refractivity contribution in [2.45, 2.75) is 76.3 Å². The van der Waals surface area contributed by atoms with Crippen LogP contribution in [0.15, 0.2) is 48.7 Å². The molecule has 0 saturated carbocycles. The van der Waals surface area contributed by atoms with E-state index in [1.54, 1.807) is 20.2 Å². The molecule has 5 rings (SSSR count). The zero-order chi connectivity index (χ0) is 33.1. The highest BCUT2D eigenvalue weighted by atomic mass is 16.4. The van der Waals surface area contributed by atoms with Gasteiger partial charge in [-0.3, -0.25) is 19.2 Å². The summed E-state index contributed by atoms with van der Waals surface area (Å²) in [5.74, 6) is -3.56. The van der Waals surface area contributed by atoms with Crippen molar-refractivity contribution in [1.82, 2.24) is 41.2 Å². The SMILES string of the molecule is CNC(C)C(=O)NC(C(=O)N1CC2CC1C(=O)NC(Cc1ccc3ccccc3c1)C(=O)NC(C(=O)O)Cc1cn2nn1)C(C)C. The Morgan fingerprint density at radius 2 is 1.78 bits per heavy atom. The molecule has 4 bridgehead atoms. The molecular weight excluding hydrogens is 592 g/mol. The molecule has 3 heterocycles. The van der Waals surface area contributed by atoms with Crippen molar-refractivity contribution in [2.24, 2.45) is 5.92 Å². The van der Waals surface area contributed by atoms with E-state index < -0.39 is 59.9 Å². The van der Waals surface area contributed by atoms with Gasteiger partial charge in [0.1, 0.15) is 24.2 Å². The van der Waals surface area contributed by atoms with Crippen LogP contribution in [0.1, 0.15) is 44.5 Å². The zero-order valence-corrected chi connectivity index (χ0v) is 26.3. The highest BCUT2D eigenvalue weighted by molar-refractivity contribution is 5.96. The van der Waals surface area contributed by atoms with Crippen LogP contribution in [0.5, 0.6) is 0 Å². The van der Waals surface area contributed by atoms with Crippen molar-refractivity contribution < 1.29 is 29.1 Å². The van der Waals surface area contributed by atoms with E-state index in [4.69, 9.17) is 0 Å². The average molecular weight is 633 g/mol. The minimum Gasteiger partial charge on any atom is -0.480 e. The van der Waals surface area contributed by atoms with Crippen molar-refractivity contribution in [3.8, 4) is 0 Å². The molecule has 6 unspecified atom stereocenters. The van der Waals surface area contributed by atoms with Crippen molar-refractivity contribution in [3.63, 3.8) is 0 Å². The zero-order valence-electron chi connectivity index (χ0n) is 26.3. The van der Waals surface area contributed by atoms with Crippen LogP contribution in [-0.2, 0) is 36.8 Å². The van der Waals surface area contributed by atoms with Gasteiger partial charge in [-0.15, -0.1) is 5.10 Å². The number of aliphatic carboxylic acids is 1. The highest BCUT2D eigenvalue weighted by Gasteiger charge is 2.45. The molecule has 2 aromatic carbocycles. The Hall–Kier alpha value is -4.85. The number of benzene rings is 2. The molecule has 0 radical (unpaired) electrons. The first kappa shape index (κ1) is 32.5. The monoisotopic (exact) mass is 632 g/mol. The van der Waals surface area contributed by atoms with Crippen molar-refractivity contribution in [3.05, 3.63) is 59.9 Å². The standard InChI is InChI=1S/C32H40N8O6/c1-17(2)27(36-28(41)18(3)33-4)31(44)39-16-23-14-26(39)30(43)34-24(12-19-9-10-20-7-5-6-8-21(20)11-19)29(42)35-25(32(45)46)13-22-15-40(23)38-37-22/h5-11,15,17-18,23-27,33H,12-14,16H2,1-4H3,(H,34,43)(H,35,42)(H,36,41)(H,45,46). The molecular formula is C32H40N8O6. The number of carboxylic acids is 1. The number of hydrogen-bond acceptors (Lipinski definition) is 8. The van der Waals surface area contributed by atoms with Crippen molar-refractivity contribution in [2.75, 3.05) is 13.6 Å². The number of nitrogens with zero attached hydrogens (tertiary/aromatic N) is 4. The second kappa shape index (κ2) is 13.6. The largest absolute Gasteiger partial charge is 0.480 e. The van der Waals surface area contributed by atoms with Crippen LogP contribution in [0, 0.1) is 5.92 Å². The molecule has 4 amide bonds. The first-order chi connectivity index (χ1) is 21.9. The number of nitrogens with one attached hydrogen (secondary N) is 4. The molecule has 0 aliphatic carbocycles. The van der Waals surface area contributed by atoms with Crippen LogP contribution < -0.4 is 21.3 Å². The Kier molecular flexibility index (Phi) is 9.65. The smallest absolute Gasteiger partial charge is 0.326 e. The molecule has 46 heavy (non-hydrogen) atoms. The van der Waals surface area contributed by atoms with Crippen LogP contribution in [0.3, 0.4) is 0 Å². The summed E-state index contributed by atoms with van der Waals surface area (Å²) in [6, 6.07) is 8.10. The predicted octanol–water partition coefficient (Wildman–Crippen LogP) is 0.175. The van der Waals surface area contributed by atoms with E-state index >= 15 is 0 Å². The number of carboxylic acid groups (broad SMARTS) is 1. The second-order valence-corrected chi connectivity index (χ2v) is 12.4. The molecule has 5 N–H and O–H groups in total. The lowest BCUT2D eigenvalue weighted by molar-refractivity contribution is -0.144. The van der Waals surface area contributed by atoms with Crippen molar-refractivity contribution >= 4 is 40.4 Å². The summed E-state index contributed by atoms with van der Waals surface area (Å²) in [7, 11) is 1.65. The van der Waals surface area contributed by atoms with Gasteiger partial charge >= 0.3 is 5.97 Å². The van der Waals surface area contributed by atoms with E-state index in [2.05, 4.69) is 31.6 Å². The van der Waals surface area contributed by atoms with E-state index in [9.17, 15) is 29.1 Å². The molecule has 1 aromatic heterocycles. The van der Waals surface area contributed by atoms with E-state index in [0.29, 0.717) is 5.69 Å². The van der Waals surface area contributed by atoms with Crippen LogP contribution in [0.25, 0.3) is 10.8 Å². The van der Waals surface area contributed by atoms with Crippen molar-refractivity contribution in [1.29, 1.82) is 0 Å². The number of likely N-dealkylation sites (tertiary alicyclic amines) is 1. The van der Waals surface area contributed by atoms with Gasteiger partial charge in [0.2, 0.25) is 23.6 Å². The molecule has 3 aromatic rings. The Morgan fingerprint density at radius 3 is 2.48 bits per heavy atom. The number of carbonyl (C=O) groups excluding carboxylic acids is 4. The summed E-state index contributed by atoms with van der Waals surface area (Å²) in [6.07, 6.45) is 1.72. The molecule has 2 aliphatic heterocycles. The van der Waals surface area contributed by atoms with Crippen LogP contribution in [0.4, 0.5) is 0 Å². The normalized spacial score (nSPS) is 23.0. The molecule has 0 spiro atoms. The van der Waals surface area contributed by atoms with Crippen LogP contribution >= 0.6 is 0 Å². The third-order valence-electron chi connectivity index (χ3n) is 8.77. The number of hydrogen-bond donors (Lipinski definition) is 5. The fourth-order valence-corrected chi connectivity index (χ4v) is 5.94. The topological polar surface area (TPSA) is 188 Å². The molecule has 1 saturated heterocycles. The summed E-state index contributed by atoms with van der Waals surface area (Å²) < 4.78 is 1.53. The van der Waals surface area contributed by atoms with Gasteiger partial charge in [-0.1, -0.05) is 61.5 Å². The Morgan fingerprint density at radius 1 is 1.04 bits per heavy atom. The molecule has 2 aliphatic rings. The number of fused-ring (bicyclic) bond motifs is 6. The number of carbonyl (C=O) groups is 5. The van der Waals surface area contributed by atoms with Gasteiger partial charge in [0.25, 0.3) is 0 Å². The number of aromatic nitrogens is 3. The minimum absolute atomic E-state index is 0.0833. The molecule has 14 nitrogen and oxygen atoms in total. The fourth-order valence-electron chi connectivity index (χ4n) is 5.94. The molecule has 6 atom stereocenters. The lowest BCUT2D eigenvalue weighted by Gasteiger charge is -2.32. The highest BCUT2D eigenvalue weighted by Crippen LogP contribution is 2.29. The first-order valence-corrected chi connectivity index (χ1v) is 15.4. The van der Waals surface area contributed by atoms with Gasteiger partial charge in [0, 0.05) is 32.0 Å². The van der Waals surface area contributed by atoms with Crippen LogP contribution in [-0.4, -0.2) is 98.4 Å². The summed E-state index contributed by atoms with van der Waals surface area (Å²) in [6.45, 7) is 5.41. The number of amides is 4. The third-order valence-corrected chi connectivity index (χ3v) is 8.77. The number of likely N-dealkylation sites (N-methyl/N-ethyl adjacent to an activating group) is 1. The molecule has 1 fully saturated rings. The average Bonchev–Trinajstić information content (AvgIpc) is 3.69. The number of rotatable bonds is 8. The first-order valence-electron chi connectivity index (χ1n) is 15.4. The summed E-state index contributed by atoms with van der Waals surface area (Å²) >= 11 is 0. The summed E-state index contributed by atoms with van der Waals surface area (Å²) in [4.78, 5) is 68.1. The van der Waals surface area contributed by atoms with E-state index in [0.717, 1.165) is 16.3 Å². The Balaban J connectivity index is 1.49. The van der Waals surface area contributed by atoms with E-state index in [1.807, 2.05) is 56.3 Å².